The highest BCUT2D eigenvalue weighted by Gasteiger charge is 2.40. The predicted octanol–water partition coefficient (Wildman–Crippen LogP) is 3.33. The average molecular weight is 334 g/mol. The minimum absolute atomic E-state index is 0.0316. The number of benzene rings is 2. The number of aryl methyl sites for hydroxylation is 1. The number of carbonyl (C=O) groups is 2. The second-order valence-electron chi connectivity index (χ2n) is 7.13. The van der Waals surface area contributed by atoms with Crippen molar-refractivity contribution in [3.8, 4) is 0 Å². The third-order valence-corrected chi connectivity index (χ3v) is 5.23. The molecule has 1 fully saturated rings. The lowest BCUT2D eigenvalue weighted by Crippen LogP contribution is -2.41. The molecule has 25 heavy (non-hydrogen) atoms. The largest absolute Gasteiger partial charge is 0.312 e. The molecule has 2 aliphatic heterocycles. The fourth-order valence-corrected chi connectivity index (χ4v) is 4.02. The van der Waals surface area contributed by atoms with Crippen molar-refractivity contribution < 1.29 is 9.59 Å². The van der Waals surface area contributed by atoms with Crippen molar-refractivity contribution >= 4 is 23.2 Å². The molecule has 0 radical (unpaired) electrons. The lowest BCUT2D eigenvalue weighted by atomic mass is 10.1. The zero-order valence-electron chi connectivity index (χ0n) is 14.6. The second kappa shape index (κ2) is 6.03. The smallest absolute Gasteiger partial charge is 0.232 e. The zero-order valence-corrected chi connectivity index (χ0v) is 14.6. The van der Waals surface area contributed by atoms with Crippen LogP contribution >= 0.6 is 0 Å². The maximum absolute atomic E-state index is 13.2. The van der Waals surface area contributed by atoms with Crippen LogP contribution in [0.15, 0.2) is 48.5 Å². The Labute approximate surface area is 148 Å². The molecule has 2 heterocycles. The Hall–Kier alpha value is -2.62. The molecule has 0 aliphatic carbocycles. The van der Waals surface area contributed by atoms with Crippen molar-refractivity contribution in [2.45, 2.75) is 32.7 Å². The minimum Gasteiger partial charge on any atom is -0.312 e. The highest BCUT2D eigenvalue weighted by Crippen LogP contribution is 2.35. The van der Waals surface area contributed by atoms with Crippen LogP contribution in [-0.2, 0) is 16.0 Å². The number of anilines is 2. The summed E-state index contributed by atoms with van der Waals surface area (Å²) in [5, 5.41) is 0. The number of hydrogen-bond donors (Lipinski definition) is 0. The van der Waals surface area contributed by atoms with Crippen molar-refractivity contribution in [1.82, 2.24) is 0 Å². The molecule has 0 saturated carbocycles. The number of nitrogens with zero attached hydrogens (tertiary/aromatic N) is 2. The highest BCUT2D eigenvalue weighted by atomic mass is 16.2. The van der Waals surface area contributed by atoms with E-state index in [1.165, 1.54) is 5.56 Å². The molecule has 0 spiro atoms. The summed E-state index contributed by atoms with van der Waals surface area (Å²) in [5.74, 6) is -0.174. The van der Waals surface area contributed by atoms with Gasteiger partial charge in [-0.3, -0.25) is 9.59 Å². The molecule has 2 aliphatic rings. The molecule has 0 aromatic heterocycles. The number of para-hydroxylation sites is 1. The second-order valence-corrected chi connectivity index (χ2v) is 7.13. The van der Waals surface area contributed by atoms with Crippen LogP contribution in [0.5, 0.6) is 0 Å². The van der Waals surface area contributed by atoms with E-state index in [1.807, 2.05) is 54.3 Å². The third-order valence-electron chi connectivity index (χ3n) is 5.23. The molecular weight excluding hydrogens is 312 g/mol. The van der Waals surface area contributed by atoms with E-state index >= 15 is 0 Å². The van der Waals surface area contributed by atoms with E-state index in [1.54, 1.807) is 4.90 Å². The van der Waals surface area contributed by atoms with E-state index < -0.39 is 0 Å². The van der Waals surface area contributed by atoms with Crippen LogP contribution in [0.2, 0.25) is 0 Å². The highest BCUT2D eigenvalue weighted by molar-refractivity contribution is 6.05. The Morgan fingerprint density at radius 3 is 2.68 bits per heavy atom. The predicted molar refractivity (Wildman–Crippen MR) is 98.7 cm³/mol. The van der Waals surface area contributed by atoms with Gasteiger partial charge in [0.1, 0.15) is 0 Å². The van der Waals surface area contributed by atoms with Gasteiger partial charge in [0, 0.05) is 30.4 Å². The van der Waals surface area contributed by atoms with Crippen LogP contribution in [0.3, 0.4) is 0 Å². The van der Waals surface area contributed by atoms with Gasteiger partial charge in [-0.25, -0.2) is 0 Å². The van der Waals surface area contributed by atoms with Gasteiger partial charge in [-0.1, -0.05) is 30.3 Å². The van der Waals surface area contributed by atoms with Crippen molar-refractivity contribution in [2.75, 3.05) is 16.3 Å². The van der Waals surface area contributed by atoms with Crippen molar-refractivity contribution in [1.29, 1.82) is 0 Å². The van der Waals surface area contributed by atoms with Crippen LogP contribution in [0.25, 0.3) is 0 Å². The first-order valence-electron chi connectivity index (χ1n) is 8.82. The molecular formula is C21H22N2O2. The molecule has 4 rings (SSSR count). The van der Waals surface area contributed by atoms with Crippen LogP contribution in [0.1, 0.15) is 24.5 Å². The number of hydrogen-bond acceptors (Lipinski definition) is 2. The number of amides is 2. The molecule has 2 atom stereocenters. The van der Waals surface area contributed by atoms with Gasteiger partial charge in [0.2, 0.25) is 11.8 Å². The Morgan fingerprint density at radius 1 is 1.08 bits per heavy atom. The lowest BCUT2D eigenvalue weighted by Gasteiger charge is -2.26. The molecule has 2 aromatic rings. The summed E-state index contributed by atoms with van der Waals surface area (Å²) >= 11 is 0. The van der Waals surface area contributed by atoms with Gasteiger partial charge in [0.25, 0.3) is 0 Å². The molecule has 4 nitrogen and oxygen atoms in total. The Balaban J connectivity index is 1.57. The monoisotopic (exact) mass is 334 g/mol. The summed E-state index contributed by atoms with van der Waals surface area (Å²) in [5.41, 5.74) is 4.21. The molecule has 128 valence electrons. The lowest BCUT2D eigenvalue weighted by molar-refractivity contribution is -0.124. The van der Waals surface area contributed by atoms with Crippen molar-refractivity contribution in [3.05, 3.63) is 59.7 Å². The molecule has 1 saturated heterocycles. The standard InChI is InChI=1S/C21H22N2O2/c1-14-6-5-8-18(10-14)22-13-17(12-20(22)24)21(25)23-15(2)11-16-7-3-4-9-19(16)23/h3-10,15,17H,11-13H2,1-2H3. The number of fused-ring (bicyclic) bond motifs is 1. The first-order chi connectivity index (χ1) is 12.0. The summed E-state index contributed by atoms with van der Waals surface area (Å²) in [6.07, 6.45) is 1.17. The summed E-state index contributed by atoms with van der Waals surface area (Å²) in [6.45, 7) is 4.55. The summed E-state index contributed by atoms with van der Waals surface area (Å²) in [7, 11) is 0. The Kier molecular flexibility index (Phi) is 3.83. The maximum Gasteiger partial charge on any atom is 0.232 e. The van der Waals surface area contributed by atoms with Crippen LogP contribution < -0.4 is 9.80 Å². The average Bonchev–Trinajstić information content (AvgIpc) is 3.13. The first-order valence-corrected chi connectivity index (χ1v) is 8.82. The number of carbonyl (C=O) groups excluding carboxylic acids is 2. The molecule has 2 amide bonds. The van der Waals surface area contributed by atoms with E-state index in [0.29, 0.717) is 6.54 Å². The quantitative estimate of drug-likeness (QED) is 0.845. The normalized spacial score (nSPS) is 22.4. The van der Waals surface area contributed by atoms with E-state index in [4.69, 9.17) is 0 Å². The SMILES string of the molecule is Cc1cccc(N2CC(C(=O)N3c4ccccc4CC3C)CC2=O)c1. The molecule has 2 aromatic carbocycles. The minimum atomic E-state index is -0.276. The maximum atomic E-state index is 13.2. The Morgan fingerprint density at radius 2 is 1.88 bits per heavy atom. The van der Waals surface area contributed by atoms with Gasteiger partial charge in [-0.15, -0.1) is 0 Å². The molecule has 4 heteroatoms. The summed E-state index contributed by atoms with van der Waals surface area (Å²) < 4.78 is 0. The molecule has 0 bridgehead atoms. The molecule has 0 N–H and O–H groups in total. The van der Waals surface area contributed by atoms with Gasteiger partial charge < -0.3 is 9.80 Å². The Bertz CT molecular complexity index is 845. The fourth-order valence-electron chi connectivity index (χ4n) is 4.02. The first kappa shape index (κ1) is 15.9. The summed E-state index contributed by atoms with van der Waals surface area (Å²) in [6, 6.07) is 16.1. The third kappa shape index (κ3) is 2.72. The van der Waals surface area contributed by atoms with Gasteiger partial charge in [0.15, 0.2) is 0 Å². The topological polar surface area (TPSA) is 40.6 Å². The van der Waals surface area contributed by atoms with Crippen LogP contribution in [0, 0.1) is 12.8 Å². The fraction of sp³-hybridized carbons (Fsp3) is 0.333. The van der Waals surface area contributed by atoms with E-state index in [2.05, 4.69) is 13.0 Å². The van der Waals surface area contributed by atoms with Crippen LogP contribution in [-0.4, -0.2) is 24.4 Å². The van der Waals surface area contributed by atoms with Gasteiger partial charge >= 0.3 is 0 Å². The van der Waals surface area contributed by atoms with Gasteiger partial charge in [-0.05, 0) is 49.6 Å². The van der Waals surface area contributed by atoms with E-state index in [0.717, 1.165) is 23.4 Å². The van der Waals surface area contributed by atoms with E-state index in [9.17, 15) is 9.59 Å². The van der Waals surface area contributed by atoms with Gasteiger partial charge in [0.05, 0.1) is 5.92 Å². The zero-order chi connectivity index (χ0) is 17.6. The van der Waals surface area contributed by atoms with Crippen LogP contribution in [0.4, 0.5) is 11.4 Å². The summed E-state index contributed by atoms with van der Waals surface area (Å²) in [4.78, 5) is 29.3. The van der Waals surface area contributed by atoms with Crippen molar-refractivity contribution in [2.24, 2.45) is 5.92 Å². The van der Waals surface area contributed by atoms with Gasteiger partial charge in [-0.2, -0.15) is 0 Å². The number of rotatable bonds is 2. The van der Waals surface area contributed by atoms with E-state index in [-0.39, 0.29) is 30.2 Å². The van der Waals surface area contributed by atoms with Crippen molar-refractivity contribution in [3.63, 3.8) is 0 Å². The molecule has 2 unspecified atom stereocenters.